The number of nitrogen functional groups attached to an aromatic ring is 1. The quantitative estimate of drug-likeness (QED) is 0.676. The van der Waals surface area contributed by atoms with Crippen LogP contribution in [0.4, 0.5) is 11.4 Å². The van der Waals surface area contributed by atoms with Crippen LogP contribution < -0.4 is 10.6 Å². The summed E-state index contributed by atoms with van der Waals surface area (Å²) in [4.78, 5) is 16.3. The number of benzene rings is 1. The zero-order valence-corrected chi connectivity index (χ0v) is 12.7. The average Bonchev–Trinajstić information content (AvgIpc) is 2.38. The first-order chi connectivity index (χ1) is 9.47. The number of hydrogen-bond donors (Lipinski definition) is 1. The highest BCUT2D eigenvalue weighted by molar-refractivity contribution is 5.99. The second-order valence-electron chi connectivity index (χ2n) is 6.01. The molecule has 20 heavy (non-hydrogen) atoms. The molecule has 110 valence electrons. The molecule has 4 nitrogen and oxygen atoms in total. The fraction of sp³-hybridized carbons (Fsp3) is 0.562. The first-order valence-corrected chi connectivity index (χ1v) is 7.35. The van der Waals surface area contributed by atoms with E-state index in [-0.39, 0.29) is 5.78 Å². The maximum Gasteiger partial charge on any atom is 0.161 e. The molecule has 0 radical (unpaired) electrons. The highest BCUT2D eigenvalue weighted by atomic mass is 16.1. The van der Waals surface area contributed by atoms with Crippen molar-refractivity contribution < 1.29 is 4.79 Å². The summed E-state index contributed by atoms with van der Waals surface area (Å²) in [5.74, 6) is 0.739. The number of Topliss-reactive ketones (excluding diaryl/α,β-unsaturated/α-hetero) is 1. The molecule has 1 heterocycles. The molecule has 0 aliphatic carbocycles. The lowest BCUT2D eigenvalue weighted by atomic mass is 10.1. The number of carbonyl (C=O) groups excluding carboxylic acids is 1. The summed E-state index contributed by atoms with van der Waals surface area (Å²) >= 11 is 0. The number of nitrogens with two attached hydrogens (primary N) is 1. The van der Waals surface area contributed by atoms with Crippen molar-refractivity contribution in [3.8, 4) is 0 Å². The van der Waals surface area contributed by atoms with Gasteiger partial charge in [-0.05, 0) is 31.0 Å². The lowest BCUT2D eigenvalue weighted by molar-refractivity contribution is 0.101. The minimum atomic E-state index is 0.0239. The molecule has 0 aromatic heterocycles. The fourth-order valence-corrected chi connectivity index (χ4v) is 2.77. The largest absolute Gasteiger partial charge is 0.398 e. The van der Waals surface area contributed by atoms with Crippen molar-refractivity contribution in [2.24, 2.45) is 5.92 Å². The van der Waals surface area contributed by atoms with E-state index in [0.717, 1.165) is 31.9 Å². The summed E-state index contributed by atoms with van der Waals surface area (Å²) in [6.07, 6.45) is 0. The van der Waals surface area contributed by atoms with Gasteiger partial charge in [-0.2, -0.15) is 0 Å². The number of anilines is 2. The van der Waals surface area contributed by atoms with Gasteiger partial charge in [0.2, 0.25) is 0 Å². The summed E-state index contributed by atoms with van der Waals surface area (Å²) in [7, 11) is 0. The molecule has 0 spiro atoms. The number of piperazine rings is 1. The Morgan fingerprint density at radius 3 is 2.40 bits per heavy atom. The molecule has 0 bridgehead atoms. The van der Waals surface area contributed by atoms with Crippen molar-refractivity contribution in [1.82, 2.24) is 4.90 Å². The highest BCUT2D eigenvalue weighted by Crippen LogP contribution is 2.23. The topological polar surface area (TPSA) is 49.6 Å². The fourth-order valence-electron chi connectivity index (χ4n) is 2.77. The van der Waals surface area contributed by atoms with Gasteiger partial charge >= 0.3 is 0 Å². The number of nitrogens with zero attached hydrogens (tertiary/aromatic N) is 2. The second-order valence-corrected chi connectivity index (χ2v) is 6.01. The van der Waals surface area contributed by atoms with Crippen molar-refractivity contribution >= 4 is 17.2 Å². The van der Waals surface area contributed by atoms with Crippen LogP contribution in [0.2, 0.25) is 0 Å². The van der Waals surface area contributed by atoms with Crippen LogP contribution in [0.3, 0.4) is 0 Å². The Balaban J connectivity index is 2.00. The van der Waals surface area contributed by atoms with E-state index in [4.69, 9.17) is 5.73 Å². The van der Waals surface area contributed by atoms with E-state index in [1.807, 2.05) is 18.2 Å². The molecule has 0 atom stereocenters. The first-order valence-electron chi connectivity index (χ1n) is 7.35. The third-order valence-electron chi connectivity index (χ3n) is 3.78. The summed E-state index contributed by atoms with van der Waals surface area (Å²) in [6.45, 7) is 11.5. The maximum absolute atomic E-state index is 11.4. The van der Waals surface area contributed by atoms with Gasteiger partial charge in [-0.15, -0.1) is 0 Å². The molecule has 1 aliphatic rings. The van der Waals surface area contributed by atoms with E-state index in [9.17, 15) is 4.79 Å². The van der Waals surface area contributed by atoms with Gasteiger partial charge in [-0.1, -0.05) is 13.8 Å². The number of carbonyl (C=O) groups is 1. The zero-order chi connectivity index (χ0) is 14.7. The number of hydrogen-bond acceptors (Lipinski definition) is 4. The van der Waals surface area contributed by atoms with Gasteiger partial charge in [-0.3, -0.25) is 9.69 Å². The molecule has 1 fully saturated rings. The molecule has 1 aromatic carbocycles. The van der Waals surface area contributed by atoms with Crippen molar-refractivity contribution in [2.75, 3.05) is 43.4 Å². The van der Waals surface area contributed by atoms with Crippen LogP contribution in [0.25, 0.3) is 0 Å². The Labute approximate surface area is 121 Å². The molecule has 0 saturated carbocycles. The molecule has 1 saturated heterocycles. The van der Waals surface area contributed by atoms with Gasteiger partial charge in [0.25, 0.3) is 0 Å². The molecule has 2 N–H and O–H groups in total. The second kappa shape index (κ2) is 6.27. The van der Waals surface area contributed by atoms with Crippen LogP contribution in [0.15, 0.2) is 18.2 Å². The standard InChI is InChI=1S/C16H25N3O/c1-12(2)11-18-6-8-19(9-7-18)14-4-5-15(13(3)20)16(17)10-14/h4-5,10,12H,6-9,11,17H2,1-3H3. The molecule has 1 aromatic rings. The Hall–Kier alpha value is -1.55. The molecule has 0 unspecified atom stereocenters. The van der Waals surface area contributed by atoms with Gasteiger partial charge in [0, 0.05) is 49.7 Å². The van der Waals surface area contributed by atoms with Crippen molar-refractivity contribution in [3.63, 3.8) is 0 Å². The lowest BCUT2D eigenvalue weighted by Gasteiger charge is -2.37. The van der Waals surface area contributed by atoms with Crippen molar-refractivity contribution in [2.45, 2.75) is 20.8 Å². The average molecular weight is 275 g/mol. The summed E-state index contributed by atoms with van der Waals surface area (Å²) < 4.78 is 0. The molecular weight excluding hydrogens is 250 g/mol. The zero-order valence-electron chi connectivity index (χ0n) is 12.7. The minimum absolute atomic E-state index is 0.0239. The summed E-state index contributed by atoms with van der Waals surface area (Å²) in [5, 5.41) is 0. The predicted octanol–water partition coefficient (Wildman–Crippen LogP) is 2.25. The number of rotatable bonds is 4. The van der Waals surface area contributed by atoms with Gasteiger partial charge in [-0.25, -0.2) is 0 Å². The highest BCUT2D eigenvalue weighted by Gasteiger charge is 2.18. The van der Waals surface area contributed by atoms with Crippen LogP contribution in [0.1, 0.15) is 31.1 Å². The smallest absolute Gasteiger partial charge is 0.161 e. The van der Waals surface area contributed by atoms with Crippen LogP contribution in [-0.4, -0.2) is 43.4 Å². The molecular formula is C16H25N3O. The Morgan fingerprint density at radius 1 is 1.25 bits per heavy atom. The van der Waals surface area contributed by atoms with Crippen molar-refractivity contribution in [1.29, 1.82) is 0 Å². The number of ketones is 1. The first kappa shape index (κ1) is 14.9. The van der Waals surface area contributed by atoms with Crippen LogP contribution in [0, 0.1) is 5.92 Å². The molecule has 2 rings (SSSR count). The van der Waals surface area contributed by atoms with Gasteiger partial charge in [0.1, 0.15) is 0 Å². The summed E-state index contributed by atoms with van der Waals surface area (Å²) in [5.41, 5.74) is 8.29. The molecule has 1 aliphatic heterocycles. The Morgan fingerprint density at radius 2 is 1.90 bits per heavy atom. The monoisotopic (exact) mass is 275 g/mol. The normalized spacial score (nSPS) is 16.7. The van der Waals surface area contributed by atoms with Crippen LogP contribution >= 0.6 is 0 Å². The maximum atomic E-state index is 11.4. The van der Waals surface area contributed by atoms with Crippen molar-refractivity contribution in [3.05, 3.63) is 23.8 Å². The molecule has 0 amide bonds. The van der Waals surface area contributed by atoms with Gasteiger partial charge in [0.15, 0.2) is 5.78 Å². The van der Waals surface area contributed by atoms with E-state index in [0.29, 0.717) is 17.2 Å². The van der Waals surface area contributed by atoms with E-state index in [2.05, 4.69) is 23.6 Å². The minimum Gasteiger partial charge on any atom is -0.398 e. The van der Waals surface area contributed by atoms with E-state index in [1.165, 1.54) is 6.54 Å². The third-order valence-corrected chi connectivity index (χ3v) is 3.78. The summed E-state index contributed by atoms with van der Waals surface area (Å²) in [6, 6.07) is 5.77. The Bertz CT molecular complexity index is 477. The lowest BCUT2D eigenvalue weighted by Crippen LogP contribution is -2.47. The van der Waals surface area contributed by atoms with E-state index >= 15 is 0 Å². The molecule has 4 heteroatoms. The van der Waals surface area contributed by atoms with Crippen LogP contribution in [-0.2, 0) is 0 Å². The van der Waals surface area contributed by atoms with E-state index < -0.39 is 0 Å². The van der Waals surface area contributed by atoms with E-state index in [1.54, 1.807) is 6.92 Å². The van der Waals surface area contributed by atoms with Gasteiger partial charge < -0.3 is 10.6 Å². The SMILES string of the molecule is CC(=O)c1ccc(N2CCN(CC(C)C)CC2)cc1N. The van der Waals surface area contributed by atoms with Gasteiger partial charge in [0.05, 0.1) is 0 Å². The Kier molecular flexibility index (Phi) is 4.65. The third kappa shape index (κ3) is 3.51. The predicted molar refractivity (Wildman–Crippen MR) is 84.3 cm³/mol. The van der Waals surface area contributed by atoms with Crippen LogP contribution in [0.5, 0.6) is 0 Å².